The number of fused-ring (bicyclic) bond motifs is 3. The highest BCUT2D eigenvalue weighted by Crippen LogP contribution is 2.33. The van der Waals surface area contributed by atoms with Gasteiger partial charge in [-0.25, -0.2) is 15.0 Å². The number of aromatic nitrogens is 4. The Morgan fingerprint density at radius 3 is 1.97 bits per heavy atom. The van der Waals surface area contributed by atoms with Gasteiger partial charge in [-0.05, 0) is 43.5 Å². The third-order valence-electron chi connectivity index (χ3n) is 7.21. The second-order valence-electron chi connectivity index (χ2n) is 9.59. The summed E-state index contributed by atoms with van der Waals surface area (Å²) in [6, 6.07) is 35.9. The highest BCUT2D eigenvalue weighted by Gasteiger charge is 2.19. The Morgan fingerprint density at radius 1 is 0.622 bits per heavy atom. The fourth-order valence-corrected chi connectivity index (χ4v) is 5.42. The Morgan fingerprint density at radius 2 is 1.27 bits per heavy atom. The van der Waals surface area contributed by atoms with Crippen molar-refractivity contribution in [1.82, 2.24) is 19.5 Å². The lowest BCUT2D eigenvalue weighted by Gasteiger charge is -2.17. The molecular formula is C33H26N4. The van der Waals surface area contributed by atoms with Crippen LogP contribution in [0, 0.1) is 0 Å². The van der Waals surface area contributed by atoms with Crippen LogP contribution >= 0.6 is 0 Å². The van der Waals surface area contributed by atoms with Crippen LogP contribution < -0.4 is 0 Å². The maximum Gasteiger partial charge on any atom is 0.163 e. The molecule has 37 heavy (non-hydrogen) atoms. The van der Waals surface area contributed by atoms with Gasteiger partial charge in [-0.15, -0.1) is 0 Å². The van der Waals surface area contributed by atoms with E-state index in [2.05, 4.69) is 102 Å². The highest BCUT2D eigenvalue weighted by atomic mass is 15.0. The van der Waals surface area contributed by atoms with Gasteiger partial charge in [0.1, 0.15) is 5.82 Å². The van der Waals surface area contributed by atoms with E-state index in [1.165, 1.54) is 21.8 Å². The van der Waals surface area contributed by atoms with Gasteiger partial charge >= 0.3 is 0 Å². The number of para-hydroxylation sites is 2. The summed E-state index contributed by atoms with van der Waals surface area (Å²) in [5.41, 5.74) is 5.46. The van der Waals surface area contributed by atoms with Crippen molar-refractivity contribution in [2.75, 3.05) is 0 Å². The molecule has 2 heterocycles. The summed E-state index contributed by atoms with van der Waals surface area (Å²) in [5.74, 6) is 2.51. The molecule has 0 radical (unpaired) electrons. The van der Waals surface area contributed by atoms with Gasteiger partial charge in [-0.2, -0.15) is 0 Å². The van der Waals surface area contributed by atoms with Gasteiger partial charge in [-0.3, -0.25) is 0 Å². The lowest BCUT2D eigenvalue weighted by Crippen LogP contribution is -2.09. The Labute approximate surface area is 216 Å². The number of rotatable bonds is 4. The van der Waals surface area contributed by atoms with Crippen LogP contribution in [0.5, 0.6) is 0 Å². The largest absolute Gasteiger partial charge is 0.309 e. The first-order valence-electron chi connectivity index (χ1n) is 12.9. The van der Waals surface area contributed by atoms with Gasteiger partial charge in [0.15, 0.2) is 11.6 Å². The first-order valence-corrected chi connectivity index (χ1v) is 12.9. The Hall–Kier alpha value is -4.57. The van der Waals surface area contributed by atoms with E-state index in [-0.39, 0.29) is 5.92 Å². The molecule has 4 aromatic carbocycles. The third-order valence-corrected chi connectivity index (χ3v) is 7.21. The van der Waals surface area contributed by atoms with Crippen molar-refractivity contribution in [3.8, 4) is 28.5 Å². The molecule has 1 atom stereocenters. The normalized spacial score (nSPS) is 15.4. The third kappa shape index (κ3) is 3.91. The monoisotopic (exact) mass is 478 g/mol. The zero-order valence-electron chi connectivity index (χ0n) is 20.5. The van der Waals surface area contributed by atoms with Crippen molar-refractivity contribution in [2.45, 2.75) is 25.2 Å². The topological polar surface area (TPSA) is 43.6 Å². The molecule has 7 rings (SSSR count). The first-order chi connectivity index (χ1) is 18.3. The quantitative estimate of drug-likeness (QED) is 0.240. The molecule has 1 aliphatic carbocycles. The molecule has 0 fully saturated rings. The van der Waals surface area contributed by atoms with Gasteiger partial charge in [0, 0.05) is 33.5 Å². The minimum Gasteiger partial charge on any atom is -0.309 e. The molecule has 4 heteroatoms. The second-order valence-corrected chi connectivity index (χ2v) is 9.59. The van der Waals surface area contributed by atoms with Crippen molar-refractivity contribution in [3.63, 3.8) is 0 Å². The predicted molar refractivity (Wildman–Crippen MR) is 151 cm³/mol. The smallest absolute Gasteiger partial charge is 0.163 e. The van der Waals surface area contributed by atoms with Gasteiger partial charge in [0.2, 0.25) is 0 Å². The van der Waals surface area contributed by atoms with Crippen LogP contribution in [0.1, 0.15) is 31.0 Å². The summed E-state index contributed by atoms with van der Waals surface area (Å²) in [6.45, 7) is 0. The summed E-state index contributed by atoms with van der Waals surface area (Å²) in [6.07, 6.45) is 7.86. The molecule has 0 spiro atoms. The highest BCUT2D eigenvalue weighted by molar-refractivity contribution is 6.09. The Bertz CT molecular complexity index is 1710. The van der Waals surface area contributed by atoms with Crippen LogP contribution in [0.15, 0.2) is 115 Å². The predicted octanol–water partition coefficient (Wildman–Crippen LogP) is 8.13. The minimum absolute atomic E-state index is 0.221. The van der Waals surface area contributed by atoms with Crippen molar-refractivity contribution in [3.05, 3.63) is 121 Å². The van der Waals surface area contributed by atoms with Crippen LogP contribution in [0.2, 0.25) is 0 Å². The number of nitrogens with zero attached hydrogens (tertiary/aromatic N) is 4. The summed E-state index contributed by atoms with van der Waals surface area (Å²) >= 11 is 0. The summed E-state index contributed by atoms with van der Waals surface area (Å²) < 4.78 is 2.33. The van der Waals surface area contributed by atoms with E-state index < -0.39 is 0 Å². The van der Waals surface area contributed by atoms with E-state index in [9.17, 15) is 0 Å². The fourth-order valence-electron chi connectivity index (χ4n) is 5.42. The maximum absolute atomic E-state index is 5.02. The van der Waals surface area contributed by atoms with Crippen molar-refractivity contribution in [1.29, 1.82) is 0 Å². The van der Waals surface area contributed by atoms with Gasteiger partial charge in [-0.1, -0.05) is 91.0 Å². The van der Waals surface area contributed by atoms with Crippen LogP contribution in [0.25, 0.3) is 50.3 Å². The molecule has 178 valence electrons. The van der Waals surface area contributed by atoms with E-state index in [0.29, 0.717) is 5.82 Å². The average molecular weight is 479 g/mol. The fraction of sp³-hybridized carbons (Fsp3) is 0.121. The second kappa shape index (κ2) is 9.14. The SMILES string of the molecule is C1=CC(c2nc(-c3ccccc3)nc(-c3cccc(-n4c5ccccc5c5ccccc54)c3)n2)CCC1. The molecule has 0 aliphatic heterocycles. The number of hydrogen-bond donors (Lipinski definition) is 0. The van der Waals surface area contributed by atoms with Crippen molar-refractivity contribution < 1.29 is 0 Å². The molecule has 0 saturated carbocycles. The molecule has 0 amide bonds. The van der Waals surface area contributed by atoms with E-state index in [4.69, 9.17) is 15.0 Å². The first kappa shape index (κ1) is 21.7. The van der Waals surface area contributed by atoms with Crippen LogP contribution in [-0.2, 0) is 0 Å². The van der Waals surface area contributed by atoms with E-state index in [1.807, 2.05) is 18.2 Å². The van der Waals surface area contributed by atoms with Gasteiger partial charge in [0.25, 0.3) is 0 Å². The molecule has 0 bridgehead atoms. The van der Waals surface area contributed by atoms with E-state index in [0.717, 1.165) is 47.7 Å². The molecule has 4 nitrogen and oxygen atoms in total. The summed E-state index contributed by atoms with van der Waals surface area (Å²) in [5, 5.41) is 2.50. The molecule has 1 aliphatic rings. The molecule has 1 unspecified atom stereocenters. The van der Waals surface area contributed by atoms with Gasteiger partial charge in [0.05, 0.1) is 11.0 Å². The zero-order chi connectivity index (χ0) is 24.6. The van der Waals surface area contributed by atoms with E-state index in [1.54, 1.807) is 0 Å². The Kier molecular flexibility index (Phi) is 5.36. The average Bonchev–Trinajstić information content (AvgIpc) is 3.32. The minimum atomic E-state index is 0.221. The molecule has 6 aromatic rings. The molecule has 0 N–H and O–H groups in total. The zero-order valence-corrected chi connectivity index (χ0v) is 20.5. The summed E-state index contributed by atoms with van der Waals surface area (Å²) in [7, 11) is 0. The van der Waals surface area contributed by atoms with E-state index >= 15 is 0 Å². The molecular weight excluding hydrogens is 452 g/mol. The van der Waals surface area contributed by atoms with Gasteiger partial charge < -0.3 is 4.57 Å². The maximum atomic E-state index is 5.02. The Balaban J connectivity index is 1.41. The van der Waals surface area contributed by atoms with Crippen molar-refractivity contribution in [2.24, 2.45) is 0 Å². The standard InChI is InChI=1S/C33H26N4/c1-3-12-23(13-4-1)31-34-32(24-14-5-2-6-15-24)36-33(35-31)25-16-11-17-26(22-25)37-29-20-9-7-18-27(29)28-19-8-10-21-30(28)37/h1,3-5,7-14,16-22,24H,2,6,15H2. The lowest BCUT2D eigenvalue weighted by atomic mass is 9.95. The van der Waals surface area contributed by atoms with Crippen LogP contribution in [0.4, 0.5) is 0 Å². The lowest BCUT2D eigenvalue weighted by molar-refractivity contribution is 0.623. The number of benzene rings is 4. The molecule has 0 saturated heterocycles. The number of allylic oxidation sites excluding steroid dienone is 2. The number of hydrogen-bond acceptors (Lipinski definition) is 3. The molecule has 2 aromatic heterocycles. The van der Waals surface area contributed by atoms with Crippen molar-refractivity contribution >= 4 is 21.8 Å². The summed E-state index contributed by atoms with van der Waals surface area (Å²) in [4.78, 5) is 14.9. The van der Waals surface area contributed by atoms with Crippen LogP contribution in [-0.4, -0.2) is 19.5 Å². The van der Waals surface area contributed by atoms with Crippen LogP contribution in [0.3, 0.4) is 0 Å².